The average molecular weight is 328 g/mol. The molecule has 2 rings (SSSR count). The van der Waals surface area contributed by atoms with E-state index in [4.69, 9.17) is 0 Å². The lowest BCUT2D eigenvalue weighted by Crippen LogP contribution is -2.37. The zero-order valence-electron chi connectivity index (χ0n) is 14.1. The Labute approximate surface area is 141 Å². The van der Waals surface area contributed by atoms with Crippen LogP contribution < -0.4 is 5.32 Å². The Morgan fingerprint density at radius 2 is 1.71 bits per heavy atom. The van der Waals surface area contributed by atoms with Crippen LogP contribution in [-0.2, 0) is 11.3 Å². The fourth-order valence-electron chi connectivity index (χ4n) is 2.23. The Balaban J connectivity index is 1.88. The molecule has 24 heavy (non-hydrogen) atoms. The molecule has 0 aliphatic rings. The number of carbonyl (C=O) groups excluding carboxylic acids is 2. The third-order valence-corrected chi connectivity index (χ3v) is 3.93. The van der Waals surface area contributed by atoms with Crippen molar-refractivity contribution in [1.29, 1.82) is 0 Å². The molecule has 0 saturated heterocycles. The molecule has 4 nitrogen and oxygen atoms in total. The van der Waals surface area contributed by atoms with Crippen molar-refractivity contribution in [2.45, 2.75) is 20.4 Å². The Morgan fingerprint density at radius 1 is 1.04 bits per heavy atom. The number of benzene rings is 2. The van der Waals surface area contributed by atoms with Crippen molar-refractivity contribution in [1.82, 2.24) is 10.2 Å². The molecule has 0 aliphatic carbocycles. The van der Waals surface area contributed by atoms with Crippen LogP contribution in [0.4, 0.5) is 4.39 Å². The molecule has 0 aliphatic heterocycles. The van der Waals surface area contributed by atoms with Crippen LogP contribution in [0.2, 0.25) is 0 Å². The van der Waals surface area contributed by atoms with E-state index in [-0.39, 0.29) is 24.2 Å². The molecule has 0 spiro atoms. The predicted molar refractivity (Wildman–Crippen MR) is 91.1 cm³/mol. The van der Waals surface area contributed by atoms with Gasteiger partial charge in [0.05, 0.1) is 6.54 Å². The zero-order chi connectivity index (χ0) is 17.7. The van der Waals surface area contributed by atoms with Crippen LogP contribution in [0.5, 0.6) is 0 Å². The van der Waals surface area contributed by atoms with Crippen molar-refractivity contribution in [2.75, 3.05) is 13.6 Å². The van der Waals surface area contributed by atoms with Crippen molar-refractivity contribution < 1.29 is 14.0 Å². The Kier molecular flexibility index (Phi) is 5.68. The highest BCUT2D eigenvalue weighted by atomic mass is 19.1. The number of amides is 2. The number of halogens is 1. The highest BCUT2D eigenvalue weighted by Crippen LogP contribution is 2.10. The van der Waals surface area contributed by atoms with Gasteiger partial charge < -0.3 is 10.2 Å². The maximum absolute atomic E-state index is 12.9. The van der Waals surface area contributed by atoms with E-state index < -0.39 is 0 Å². The van der Waals surface area contributed by atoms with Crippen LogP contribution in [0.3, 0.4) is 0 Å². The molecule has 1 N–H and O–H groups in total. The first-order valence-electron chi connectivity index (χ1n) is 7.70. The summed E-state index contributed by atoms with van der Waals surface area (Å²) >= 11 is 0. The summed E-state index contributed by atoms with van der Waals surface area (Å²) in [5.41, 5.74) is 3.50. The van der Waals surface area contributed by atoms with Crippen molar-refractivity contribution in [3.8, 4) is 0 Å². The quantitative estimate of drug-likeness (QED) is 0.917. The van der Waals surface area contributed by atoms with Crippen molar-refractivity contribution in [2.24, 2.45) is 0 Å². The van der Waals surface area contributed by atoms with Gasteiger partial charge in [-0.3, -0.25) is 9.59 Å². The lowest BCUT2D eigenvalue weighted by atomic mass is 10.1. The molecular weight excluding hydrogens is 307 g/mol. The number of hydrogen-bond donors (Lipinski definition) is 1. The predicted octanol–water partition coefficient (Wildman–Crippen LogP) is 2.83. The second-order valence-corrected chi connectivity index (χ2v) is 5.86. The van der Waals surface area contributed by atoms with E-state index in [1.807, 2.05) is 19.9 Å². The third-order valence-electron chi connectivity index (χ3n) is 3.93. The van der Waals surface area contributed by atoms with Gasteiger partial charge in [0.1, 0.15) is 5.82 Å². The SMILES string of the molecule is Cc1ccc(C(=O)NCC(=O)N(C)Cc2ccc(F)cc2)cc1C. The summed E-state index contributed by atoms with van der Waals surface area (Å²) in [7, 11) is 1.65. The van der Waals surface area contributed by atoms with Gasteiger partial charge in [0.25, 0.3) is 5.91 Å². The van der Waals surface area contributed by atoms with Gasteiger partial charge in [-0.05, 0) is 54.8 Å². The number of nitrogens with one attached hydrogen (secondary N) is 1. The summed E-state index contributed by atoms with van der Waals surface area (Å²) in [6, 6.07) is 11.4. The standard InChI is InChI=1S/C19H21FN2O2/c1-13-4-7-16(10-14(13)2)19(24)21-11-18(23)22(3)12-15-5-8-17(20)9-6-15/h4-10H,11-12H2,1-3H3,(H,21,24). The highest BCUT2D eigenvalue weighted by molar-refractivity contribution is 5.96. The molecule has 5 heteroatoms. The molecule has 0 saturated carbocycles. The van der Waals surface area contributed by atoms with E-state index in [0.717, 1.165) is 16.7 Å². The summed E-state index contributed by atoms with van der Waals surface area (Å²) in [6.45, 7) is 4.20. The normalized spacial score (nSPS) is 10.3. The summed E-state index contributed by atoms with van der Waals surface area (Å²) < 4.78 is 12.9. The van der Waals surface area contributed by atoms with Crippen LogP contribution in [0, 0.1) is 19.7 Å². The Bertz CT molecular complexity index is 742. The number of rotatable bonds is 5. The third kappa shape index (κ3) is 4.65. The summed E-state index contributed by atoms with van der Waals surface area (Å²) in [5, 5.41) is 2.63. The molecular formula is C19H21FN2O2. The first-order valence-corrected chi connectivity index (χ1v) is 7.70. The van der Waals surface area contributed by atoms with Gasteiger partial charge >= 0.3 is 0 Å². The smallest absolute Gasteiger partial charge is 0.251 e. The maximum Gasteiger partial charge on any atom is 0.251 e. The molecule has 2 aromatic rings. The van der Waals surface area contributed by atoms with E-state index in [9.17, 15) is 14.0 Å². The zero-order valence-corrected chi connectivity index (χ0v) is 14.1. The fraction of sp³-hybridized carbons (Fsp3) is 0.263. The molecule has 2 aromatic carbocycles. The molecule has 0 radical (unpaired) electrons. The van der Waals surface area contributed by atoms with Gasteiger partial charge in [0.15, 0.2) is 0 Å². The van der Waals surface area contributed by atoms with E-state index in [0.29, 0.717) is 12.1 Å². The van der Waals surface area contributed by atoms with Crippen LogP contribution in [0.25, 0.3) is 0 Å². The van der Waals surface area contributed by atoms with E-state index in [1.54, 1.807) is 31.3 Å². The first-order chi connectivity index (χ1) is 11.4. The number of hydrogen-bond acceptors (Lipinski definition) is 2. The van der Waals surface area contributed by atoms with Gasteiger partial charge in [-0.2, -0.15) is 0 Å². The molecule has 0 aromatic heterocycles. The minimum atomic E-state index is -0.312. The molecule has 126 valence electrons. The topological polar surface area (TPSA) is 49.4 Å². The van der Waals surface area contributed by atoms with Gasteiger partial charge in [-0.15, -0.1) is 0 Å². The minimum Gasteiger partial charge on any atom is -0.343 e. The largest absolute Gasteiger partial charge is 0.343 e. The van der Waals surface area contributed by atoms with E-state index in [2.05, 4.69) is 5.32 Å². The summed E-state index contributed by atoms with van der Waals surface area (Å²) in [6.07, 6.45) is 0. The number of likely N-dealkylation sites (N-methyl/N-ethyl adjacent to an activating group) is 1. The number of nitrogens with zero attached hydrogens (tertiary/aromatic N) is 1. The molecule has 0 fully saturated rings. The molecule has 0 unspecified atom stereocenters. The second kappa shape index (κ2) is 7.73. The van der Waals surface area contributed by atoms with E-state index in [1.165, 1.54) is 17.0 Å². The van der Waals surface area contributed by atoms with Gasteiger partial charge in [0.2, 0.25) is 5.91 Å². The first kappa shape index (κ1) is 17.7. The lowest BCUT2D eigenvalue weighted by molar-refractivity contribution is -0.129. The van der Waals surface area contributed by atoms with Gasteiger partial charge in [-0.1, -0.05) is 18.2 Å². The van der Waals surface area contributed by atoms with Crippen LogP contribution in [0.15, 0.2) is 42.5 Å². The lowest BCUT2D eigenvalue weighted by Gasteiger charge is -2.17. The highest BCUT2D eigenvalue weighted by Gasteiger charge is 2.12. The average Bonchev–Trinajstić information content (AvgIpc) is 2.56. The number of carbonyl (C=O) groups is 2. The maximum atomic E-state index is 12.9. The molecule has 0 atom stereocenters. The minimum absolute atomic E-state index is 0.0799. The fourth-order valence-corrected chi connectivity index (χ4v) is 2.23. The second-order valence-electron chi connectivity index (χ2n) is 5.86. The monoisotopic (exact) mass is 328 g/mol. The molecule has 0 heterocycles. The van der Waals surface area contributed by atoms with Crippen LogP contribution >= 0.6 is 0 Å². The van der Waals surface area contributed by atoms with Gasteiger partial charge in [0, 0.05) is 19.2 Å². The molecule has 2 amide bonds. The van der Waals surface area contributed by atoms with Crippen molar-refractivity contribution >= 4 is 11.8 Å². The van der Waals surface area contributed by atoms with Crippen LogP contribution in [-0.4, -0.2) is 30.3 Å². The van der Waals surface area contributed by atoms with Crippen molar-refractivity contribution in [3.05, 3.63) is 70.5 Å². The Hall–Kier alpha value is -2.69. The number of aryl methyl sites for hydroxylation is 2. The summed E-state index contributed by atoms with van der Waals surface area (Å²) in [5.74, 6) is -0.800. The molecule has 0 bridgehead atoms. The van der Waals surface area contributed by atoms with Gasteiger partial charge in [-0.25, -0.2) is 4.39 Å². The van der Waals surface area contributed by atoms with E-state index >= 15 is 0 Å². The van der Waals surface area contributed by atoms with Crippen LogP contribution in [0.1, 0.15) is 27.0 Å². The van der Waals surface area contributed by atoms with Crippen molar-refractivity contribution in [3.63, 3.8) is 0 Å². The Morgan fingerprint density at radius 3 is 2.33 bits per heavy atom. The summed E-state index contributed by atoms with van der Waals surface area (Å²) in [4.78, 5) is 25.7.